The largest absolute Gasteiger partial charge is 0.378 e. The summed E-state index contributed by atoms with van der Waals surface area (Å²) >= 11 is 0. The zero-order chi connectivity index (χ0) is 19.1. The van der Waals surface area contributed by atoms with E-state index in [0.29, 0.717) is 24.5 Å². The topological polar surface area (TPSA) is 64.7 Å². The maximum Gasteiger partial charge on any atom is 0.238 e. The minimum Gasteiger partial charge on any atom is -0.378 e. The summed E-state index contributed by atoms with van der Waals surface area (Å²) in [6.45, 7) is 2.45. The summed E-state index contributed by atoms with van der Waals surface area (Å²) in [7, 11) is 5.93. The van der Waals surface area contributed by atoms with Gasteiger partial charge in [-0.05, 0) is 49.0 Å². The van der Waals surface area contributed by atoms with Gasteiger partial charge >= 0.3 is 0 Å². The first-order valence-electron chi connectivity index (χ1n) is 8.46. The molecule has 0 atom stereocenters. The SMILES string of the molecule is CC(=O)Nc1ccc(NC(=O)CN(C)Cc2ccc(N(C)C)cc2)cc1. The molecule has 0 aliphatic carbocycles. The fourth-order valence-corrected chi connectivity index (χ4v) is 2.55. The van der Waals surface area contributed by atoms with Crippen LogP contribution < -0.4 is 15.5 Å². The summed E-state index contributed by atoms with van der Waals surface area (Å²) in [6, 6.07) is 15.3. The van der Waals surface area contributed by atoms with E-state index in [9.17, 15) is 9.59 Å². The number of rotatable bonds is 7. The van der Waals surface area contributed by atoms with Gasteiger partial charge in [0.1, 0.15) is 0 Å². The lowest BCUT2D eigenvalue weighted by Gasteiger charge is -2.18. The molecule has 26 heavy (non-hydrogen) atoms. The van der Waals surface area contributed by atoms with Gasteiger partial charge in [-0.15, -0.1) is 0 Å². The highest BCUT2D eigenvalue weighted by atomic mass is 16.2. The van der Waals surface area contributed by atoms with E-state index >= 15 is 0 Å². The van der Waals surface area contributed by atoms with Crippen LogP contribution in [0.5, 0.6) is 0 Å². The fourth-order valence-electron chi connectivity index (χ4n) is 2.55. The maximum absolute atomic E-state index is 12.2. The number of likely N-dealkylation sites (N-methyl/N-ethyl adjacent to an activating group) is 1. The predicted molar refractivity (Wildman–Crippen MR) is 106 cm³/mol. The Hall–Kier alpha value is -2.86. The van der Waals surface area contributed by atoms with Crippen molar-refractivity contribution in [3.05, 3.63) is 54.1 Å². The van der Waals surface area contributed by atoms with Crippen LogP contribution in [0.2, 0.25) is 0 Å². The van der Waals surface area contributed by atoms with Crippen LogP contribution in [0.1, 0.15) is 12.5 Å². The molecule has 0 radical (unpaired) electrons. The maximum atomic E-state index is 12.2. The van der Waals surface area contributed by atoms with Gasteiger partial charge in [0.15, 0.2) is 0 Å². The molecule has 2 aromatic carbocycles. The van der Waals surface area contributed by atoms with Crippen molar-refractivity contribution in [1.82, 2.24) is 4.90 Å². The molecule has 2 amide bonds. The number of amides is 2. The van der Waals surface area contributed by atoms with Crippen molar-refractivity contribution in [2.24, 2.45) is 0 Å². The quantitative estimate of drug-likeness (QED) is 0.802. The molecule has 0 aromatic heterocycles. The van der Waals surface area contributed by atoms with Gasteiger partial charge in [-0.2, -0.15) is 0 Å². The molecule has 2 aromatic rings. The molecule has 2 rings (SSSR count). The van der Waals surface area contributed by atoms with Crippen LogP contribution in [0.4, 0.5) is 17.1 Å². The monoisotopic (exact) mass is 354 g/mol. The van der Waals surface area contributed by atoms with Gasteiger partial charge in [0.05, 0.1) is 6.54 Å². The van der Waals surface area contributed by atoms with Gasteiger partial charge in [0.2, 0.25) is 11.8 Å². The van der Waals surface area contributed by atoms with Gasteiger partial charge in [-0.25, -0.2) is 0 Å². The van der Waals surface area contributed by atoms with E-state index in [1.54, 1.807) is 24.3 Å². The molecule has 0 aliphatic rings. The molecule has 0 bridgehead atoms. The smallest absolute Gasteiger partial charge is 0.238 e. The van der Waals surface area contributed by atoms with Crippen LogP contribution >= 0.6 is 0 Å². The lowest BCUT2D eigenvalue weighted by atomic mass is 10.2. The Balaban J connectivity index is 1.83. The molecule has 138 valence electrons. The third-order valence-electron chi connectivity index (χ3n) is 3.81. The normalized spacial score (nSPS) is 10.5. The van der Waals surface area contributed by atoms with Crippen molar-refractivity contribution in [3.63, 3.8) is 0 Å². The van der Waals surface area contributed by atoms with Crippen molar-refractivity contribution in [2.75, 3.05) is 43.2 Å². The number of carbonyl (C=O) groups excluding carboxylic acids is 2. The molecule has 2 N–H and O–H groups in total. The second kappa shape index (κ2) is 9.01. The van der Waals surface area contributed by atoms with Crippen molar-refractivity contribution < 1.29 is 9.59 Å². The van der Waals surface area contributed by atoms with E-state index in [1.165, 1.54) is 6.92 Å². The van der Waals surface area contributed by atoms with Crippen LogP contribution in [0.15, 0.2) is 48.5 Å². The number of nitrogens with one attached hydrogen (secondary N) is 2. The summed E-state index contributed by atoms with van der Waals surface area (Å²) in [6.07, 6.45) is 0. The average molecular weight is 354 g/mol. The van der Waals surface area contributed by atoms with Crippen LogP contribution in [-0.2, 0) is 16.1 Å². The lowest BCUT2D eigenvalue weighted by Crippen LogP contribution is -2.29. The minimum atomic E-state index is -0.123. The highest BCUT2D eigenvalue weighted by molar-refractivity contribution is 5.93. The van der Waals surface area contributed by atoms with Gasteiger partial charge in [-0.3, -0.25) is 14.5 Å². The van der Waals surface area contributed by atoms with E-state index in [-0.39, 0.29) is 11.8 Å². The Morgan fingerprint density at radius 3 is 1.88 bits per heavy atom. The van der Waals surface area contributed by atoms with Crippen molar-refractivity contribution in [1.29, 1.82) is 0 Å². The molecule has 0 saturated heterocycles. The molecule has 0 fully saturated rings. The van der Waals surface area contributed by atoms with Gasteiger partial charge < -0.3 is 15.5 Å². The first-order chi connectivity index (χ1) is 12.3. The highest BCUT2D eigenvalue weighted by Crippen LogP contribution is 2.15. The Labute approximate surface area is 154 Å². The standard InChI is InChI=1S/C20H26N4O2/c1-15(25)21-17-7-9-18(10-8-17)22-20(26)14-24(4)13-16-5-11-19(12-6-16)23(2)3/h5-12H,13-14H2,1-4H3,(H,21,25)(H,22,26). The first-order valence-corrected chi connectivity index (χ1v) is 8.46. The van der Waals surface area contributed by atoms with Gasteiger partial charge in [-0.1, -0.05) is 12.1 Å². The molecule has 6 heteroatoms. The van der Waals surface area contributed by atoms with Crippen molar-refractivity contribution in [2.45, 2.75) is 13.5 Å². The van der Waals surface area contributed by atoms with Crippen LogP contribution in [0.3, 0.4) is 0 Å². The third kappa shape index (κ3) is 6.22. The zero-order valence-corrected chi connectivity index (χ0v) is 15.7. The Kier molecular flexibility index (Phi) is 6.74. The molecule has 0 spiro atoms. The molecule has 0 saturated carbocycles. The van der Waals surface area contributed by atoms with Crippen molar-refractivity contribution >= 4 is 28.9 Å². The van der Waals surface area contributed by atoms with E-state index in [2.05, 4.69) is 39.8 Å². The minimum absolute atomic E-state index is 0.0790. The molecule has 0 heterocycles. The first kappa shape index (κ1) is 19.5. The Morgan fingerprint density at radius 1 is 0.846 bits per heavy atom. The summed E-state index contributed by atoms with van der Waals surface area (Å²) in [5.74, 6) is -0.202. The predicted octanol–water partition coefficient (Wildman–Crippen LogP) is 2.78. The number of carbonyl (C=O) groups is 2. The number of benzene rings is 2. The molecule has 6 nitrogen and oxygen atoms in total. The third-order valence-corrected chi connectivity index (χ3v) is 3.81. The Bertz CT molecular complexity index is 739. The number of anilines is 3. The summed E-state index contributed by atoms with van der Waals surface area (Å²) in [4.78, 5) is 27.2. The van der Waals surface area contributed by atoms with E-state index in [4.69, 9.17) is 0 Å². The van der Waals surface area contributed by atoms with E-state index < -0.39 is 0 Å². The van der Waals surface area contributed by atoms with Gasteiger partial charge in [0, 0.05) is 44.6 Å². The van der Waals surface area contributed by atoms with Crippen molar-refractivity contribution in [3.8, 4) is 0 Å². The van der Waals surface area contributed by atoms with Gasteiger partial charge in [0.25, 0.3) is 0 Å². The average Bonchev–Trinajstić information content (AvgIpc) is 2.56. The summed E-state index contributed by atoms with van der Waals surface area (Å²) < 4.78 is 0. The Morgan fingerprint density at radius 2 is 1.38 bits per heavy atom. The number of hydrogen-bond acceptors (Lipinski definition) is 4. The van der Waals surface area contributed by atoms with Crippen LogP contribution in [-0.4, -0.2) is 44.4 Å². The number of hydrogen-bond donors (Lipinski definition) is 2. The van der Waals surface area contributed by atoms with Crippen LogP contribution in [0.25, 0.3) is 0 Å². The van der Waals surface area contributed by atoms with E-state index in [0.717, 1.165) is 11.3 Å². The second-order valence-electron chi connectivity index (χ2n) is 6.54. The van der Waals surface area contributed by atoms with Crippen LogP contribution in [0, 0.1) is 0 Å². The molecular formula is C20H26N4O2. The zero-order valence-electron chi connectivity index (χ0n) is 15.7. The summed E-state index contributed by atoms with van der Waals surface area (Å²) in [5.41, 5.74) is 3.71. The van der Waals surface area contributed by atoms with E-state index in [1.807, 2.05) is 26.0 Å². The molecule has 0 aliphatic heterocycles. The molecule has 0 unspecified atom stereocenters. The lowest BCUT2D eigenvalue weighted by molar-refractivity contribution is -0.117. The highest BCUT2D eigenvalue weighted by Gasteiger charge is 2.08. The number of nitrogens with zero attached hydrogens (tertiary/aromatic N) is 2. The fraction of sp³-hybridized carbons (Fsp3) is 0.300. The summed E-state index contributed by atoms with van der Waals surface area (Å²) in [5, 5.41) is 5.56. The molecular weight excluding hydrogens is 328 g/mol. The second-order valence-corrected chi connectivity index (χ2v) is 6.54.